The van der Waals surface area contributed by atoms with Gasteiger partial charge in [-0.1, -0.05) is 18.2 Å². The van der Waals surface area contributed by atoms with E-state index in [2.05, 4.69) is 16.0 Å². The van der Waals surface area contributed by atoms with Gasteiger partial charge in [0, 0.05) is 17.8 Å². The maximum Gasteiger partial charge on any atom is 0.227 e. The molecule has 0 aliphatic carbocycles. The molecule has 0 fully saturated rings. The number of aryl methyl sites for hydroxylation is 1. The molecule has 5 heteroatoms. The number of hydrogen-bond donors (Lipinski definition) is 0. The van der Waals surface area contributed by atoms with Gasteiger partial charge >= 0.3 is 0 Å². The van der Waals surface area contributed by atoms with Gasteiger partial charge in [-0.25, -0.2) is 9.97 Å². The molecule has 0 N–H and O–H groups in total. The fourth-order valence-electron chi connectivity index (χ4n) is 2.25. The van der Waals surface area contributed by atoms with Crippen molar-refractivity contribution in [1.82, 2.24) is 9.97 Å². The molecule has 3 rings (SSSR count). The van der Waals surface area contributed by atoms with Crippen LogP contribution in [0.4, 0.5) is 5.95 Å². The summed E-state index contributed by atoms with van der Waals surface area (Å²) in [6, 6.07) is 11.7. The summed E-state index contributed by atoms with van der Waals surface area (Å²) in [4.78, 5) is 10.8. The number of para-hydroxylation sites is 1. The minimum absolute atomic E-state index is 0.394. The van der Waals surface area contributed by atoms with Gasteiger partial charge in [-0.05, 0) is 19.1 Å². The average Bonchev–Trinajstić information content (AvgIpc) is 2.68. The summed E-state index contributed by atoms with van der Waals surface area (Å²) in [5.41, 5.74) is 2.30. The van der Waals surface area contributed by atoms with E-state index in [9.17, 15) is 0 Å². The summed E-state index contributed by atoms with van der Waals surface area (Å²) >= 11 is 0. The Kier molecular flexibility index (Phi) is 3.21. The highest BCUT2D eigenvalue weighted by Crippen LogP contribution is 2.24. The Morgan fingerprint density at radius 1 is 1.30 bits per heavy atom. The Hall–Kier alpha value is -2.61. The third-order valence-corrected chi connectivity index (χ3v) is 3.19. The molecule has 0 spiro atoms. The van der Waals surface area contributed by atoms with Gasteiger partial charge in [0.25, 0.3) is 0 Å². The van der Waals surface area contributed by atoms with Crippen molar-refractivity contribution in [3.05, 3.63) is 47.3 Å². The SMILES string of the molecule is Cc1cc(C#N)nc(N2CCOc3ccccc3C2)n1. The molecule has 1 aromatic heterocycles. The molecule has 1 aliphatic rings. The van der Waals surface area contributed by atoms with E-state index in [-0.39, 0.29) is 0 Å². The molecule has 2 heterocycles. The third kappa shape index (κ3) is 2.41. The molecule has 1 aromatic carbocycles. The zero-order chi connectivity index (χ0) is 13.9. The summed E-state index contributed by atoms with van der Waals surface area (Å²) in [6.45, 7) is 3.83. The molecule has 2 aromatic rings. The van der Waals surface area contributed by atoms with Crippen LogP contribution < -0.4 is 9.64 Å². The predicted octanol–water partition coefficient (Wildman–Crippen LogP) is 2.06. The van der Waals surface area contributed by atoms with E-state index in [0.29, 0.717) is 31.3 Å². The second-order valence-electron chi connectivity index (χ2n) is 4.68. The summed E-state index contributed by atoms with van der Waals surface area (Å²) < 4.78 is 5.72. The lowest BCUT2D eigenvalue weighted by molar-refractivity contribution is 0.331. The van der Waals surface area contributed by atoms with E-state index in [1.807, 2.05) is 36.1 Å². The molecular weight excluding hydrogens is 252 g/mol. The second-order valence-corrected chi connectivity index (χ2v) is 4.68. The molecule has 0 unspecified atom stereocenters. The Bertz CT molecular complexity index is 678. The molecule has 0 amide bonds. The van der Waals surface area contributed by atoms with Gasteiger partial charge in [-0.15, -0.1) is 0 Å². The fourth-order valence-corrected chi connectivity index (χ4v) is 2.25. The van der Waals surface area contributed by atoms with Crippen molar-refractivity contribution in [2.75, 3.05) is 18.1 Å². The molecule has 0 bridgehead atoms. The largest absolute Gasteiger partial charge is 0.491 e. The van der Waals surface area contributed by atoms with Crippen LogP contribution >= 0.6 is 0 Å². The van der Waals surface area contributed by atoms with Gasteiger partial charge in [0.05, 0.1) is 6.54 Å². The van der Waals surface area contributed by atoms with E-state index < -0.39 is 0 Å². The van der Waals surface area contributed by atoms with Crippen molar-refractivity contribution in [1.29, 1.82) is 5.26 Å². The highest BCUT2D eigenvalue weighted by atomic mass is 16.5. The van der Waals surface area contributed by atoms with Crippen molar-refractivity contribution in [3.8, 4) is 11.8 Å². The molecule has 1 aliphatic heterocycles. The molecule has 0 saturated heterocycles. The van der Waals surface area contributed by atoms with Crippen LogP contribution in [0.1, 0.15) is 17.0 Å². The standard InChI is InChI=1S/C15H14N4O/c1-11-8-13(9-16)18-15(17-11)19-6-7-20-14-5-3-2-4-12(14)10-19/h2-5,8H,6-7,10H2,1H3. The van der Waals surface area contributed by atoms with E-state index in [4.69, 9.17) is 10.00 Å². The topological polar surface area (TPSA) is 62.0 Å². The number of fused-ring (bicyclic) bond motifs is 1. The first-order valence-electron chi connectivity index (χ1n) is 6.48. The zero-order valence-electron chi connectivity index (χ0n) is 11.2. The number of nitriles is 1. The quantitative estimate of drug-likeness (QED) is 0.790. The number of hydrogen-bond acceptors (Lipinski definition) is 5. The summed E-state index contributed by atoms with van der Waals surface area (Å²) in [5, 5.41) is 9.01. The number of ether oxygens (including phenoxy) is 1. The van der Waals surface area contributed by atoms with Crippen LogP contribution in [0.5, 0.6) is 5.75 Å². The molecule has 5 nitrogen and oxygen atoms in total. The van der Waals surface area contributed by atoms with Crippen LogP contribution in [0.25, 0.3) is 0 Å². The summed E-state index contributed by atoms with van der Waals surface area (Å²) in [5.74, 6) is 1.49. The first-order valence-corrected chi connectivity index (χ1v) is 6.48. The molecule has 0 atom stereocenters. The van der Waals surface area contributed by atoms with Crippen molar-refractivity contribution >= 4 is 5.95 Å². The van der Waals surface area contributed by atoms with Crippen LogP contribution in [0.15, 0.2) is 30.3 Å². The Morgan fingerprint density at radius 2 is 2.15 bits per heavy atom. The van der Waals surface area contributed by atoms with E-state index in [1.54, 1.807) is 6.07 Å². The van der Waals surface area contributed by atoms with Crippen molar-refractivity contribution in [3.63, 3.8) is 0 Å². The lowest BCUT2D eigenvalue weighted by Gasteiger charge is -2.20. The monoisotopic (exact) mass is 266 g/mol. The highest BCUT2D eigenvalue weighted by molar-refractivity contribution is 5.42. The predicted molar refractivity (Wildman–Crippen MR) is 74.5 cm³/mol. The minimum Gasteiger partial charge on any atom is -0.491 e. The lowest BCUT2D eigenvalue weighted by Crippen LogP contribution is -2.27. The Morgan fingerprint density at radius 3 is 3.00 bits per heavy atom. The maximum atomic E-state index is 9.01. The molecule has 20 heavy (non-hydrogen) atoms. The second kappa shape index (κ2) is 5.17. The van der Waals surface area contributed by atoms with E-state index in [0.717, 1.165) is 17.0 Å². The highest BCUT2D eigenvalue weighted by Gasteiger charge is 2.18. The fraction of sp³-hybridized carbons (Fsp3) is 0.267. The molecule has 0 saturated carbocycles. The molecule has 0 radical (unpaired) electrons. The van der Waals surface area contributed by atoms with Gasteiger partial charge in [0.15, 0.2) is 0 Å². The zero-order valence-corrected chi connectivity index (χ0v) is 11.2. The van der Waals surface area contributed by atoms with Gasteiger partial charge < -0.3 is 9.64 Å². The Labute approximate surface area is 117 Å². The maximum absolute atomic E-state index is 9.01. The van der Waals surface area contributed by atoms with E-state index >= 15 is 0 Å². The van der Waals surface area contributed by atoms with Crippen molar-refractivity contribution in [2.45, 2.75) is 13.5 Å². The van der Waals surface area contributed by atoms with Gasteiger partial charge in [-0.3, -0.25) is 0 Å². The van der Waals surface area contributed by atoms with Gasteiger partial charge in [0.1, 0.15) is 24.1 Å². The molecular formula is C15H14N4O. The number of aromatic nitrogens is 2. The number of anilines is 1. The molecule has 100 valence electrons. The minimum atomic E-state index is 0.394. The average molecular weight is 266 g/mol. The van der Waals surface area contributed by atoms with Crippen LogP contribution in [-0.2, 0) is 6.54 Å². The smallest absolute Gasteiger partial charge is 0.227 e. The van der Waals surface area contributed by atoms with Gasteiger partial charge in [-0.2, -0.15) is 5.26 Å². The van der Waals surface area contributed by atoms with Crippen LogP contribution in [0, 0.1) is 18.3 Å². The number of rotatable bonds is 1. The van der Waals surface area contributed by atoms with Crippen LogP contribution in [0.3, 0.4) is 0 Å². The summed E-state index contributed by atoms with van der Waals surface area (Å²) in [6.07, 6.45) is 0. The Balaban J connectivity index is 1.95. The normalized spacial score (nSPS) is 13.9. The van der Waals surface area contributed by atoms with E-state index in [1.165, 1.54) is 0 Å². The first-order chi connectivity index (χ1) is 9.76. The van der Waals surface area contributed by atoms with Crippen LogP contribution in [-0.4, -0.2) is 23.1 Å². The van der Waals surface area contributed by atoms with Gasteiger partial charge in [0.2, 0.25) is 5.95 Å². The first kappa shape index (κ1) is 12.4. The number of benzene rings is 1. The van der Waals surface area contributed by atoms with Crippen molar-refractivity contribution < 1.29 is 4.74 Å². The van der Waals surface area contributed by atoms with Crippen LogP contribution in [0.2, 0.25) is 0 Å². The third-order valence-electron chi connectivity index (χ3n) is 3.19. The summed E-state index contributed by atoms with van der Waals surface area (Å²) in [7, 11) is 0. The van der Waals surface area contributed by atoms with Crippen molar-refractivity contribution in [2.24, 2.45) is 0 Å². The lowest BCUT2D eigenvalue weighted by atomic mass is 10.2. The number of nitrogens with zero attached hydrogens (tertiary/aromatic N) is 4.